The summed E-state index contributed by atoms with van der Waals surface area (Å²) in [6.45, 7) is 5.65. The van der Waals surface area contributed by atoms with Crippen molar-refractivity contribution in [1.29, 1.82) is 0 Å². The van der Waals surface area contributed by atoms with Gasteiger partial charge < -0.3 is 9.74 Å². The van der Waals surface area contributed by atoms with Gasteiger partial charge in [-0.3, -0.25) is 4.79 Å². The molecule has 0 aliphatic carbocycles. The SMILES string of the molecule is CC(=NOCC(=O)N(C)Cc1ccc(C)cc1)c1cnn(-c2ccc(C(F)(F)F)cn2)c1C. The Hall–Kier alpha value is -3.69. The molecule has 0 atom stereocenters. The van der Waals surface area contributed by atoms with Gasteiger partial charge in [0.2, 0.25) is 0 Å². The van der Waals surface area contributed by atoms with Crippen LogP contribution in [0.25, 0.3) is 5.82 Å². The number of amides is 1. The summed E-state index contributed by atoms with van der Waals surface area (Å²) in [5, 5.41) is 8.18. The molecule has 0 spiro atoms. The van der Waals surface area contributed by atoms with E-state index in [2.05, 4.69) is 15.2 Å². The van der Waals surface area contributed by atoms with Crippen LogP contribution in [-0.4, -0.2) is 44.9 Å². The number of hydrogen-bond donors (Lipinski definition) is 0. The average molecular weight is 459 g/mol. The van der Waals surface area contributed by atoms with E-state index in [9.17, 15) is 18.0 Å². The van der Waals surface area contributed by atoms with Crippen LogP contribution in [0.2, 0.25) is 0 Å². The first-order chi connectivity index (χ1) is 15.6. The number of aryl methyl sites for hydroxylation is 1. The first-order valence-electron chi connectivity index (χ1n) is 10.1. The molecule has 3 aromatic rings. The highest BCUT2D eigenvalue weighted by Crippen LogP contribution is 2.28. The fraction of sp³-hybridized carbons (Fsp3) is 0.304. The molecule has 0 radical (unpaired) electrons. The van der Waals surface area contributed by atoms with Crippen molar-refractivity contribution in [2.45, 2.75) is 33.5 Å². The van der Waals surface area contributed by atoms with Crippen molar-refractivity contribution in [1.82, 2.24) is 19.7 Å². The normalized spacial score (nSPS) is 12.0. The highest BCUT2D eigenvalue weighted by atomic mass is 19.4. The van der Waals surface area contributed by atoms with Gasteiger partial charge in [-0.15, -0.1) is 0 Å². The lowest BCUT2D eigenvalue weighted by molar-refractivity contribution is -0.138. The molecule has 2 aromatic heterocycles. The molecule has 2 heterocycles. The van der Waals surface area contributed by atoms with E-state index in [4.69, 9.17) is 4.84 Å². The highest BCUT2D eigenvalue weighted by Gasteiger charge is 2.30. The van der Waals surface area contributed by atoms with Gasteiger partial charge in [0.05, 0.1) is 23.2 Å². The lowest BCUT2D eigenvalue weighted by Crippen LogP contribution is -2.29. The summed E-state index contributed by atoms with van der Waals surface area (Å²) in [5.74, 6) is 0.0156. The fourth-order valence-electron chi connectivity index (χ4n) is 3.07. The lowest BCUT2D eigenvalue weighted by Gasteiger charge is -2.16. The average Bonchev–Trinajstić information content (AvgIpc) is 3.16. The molecule has 0 fully saturated rings. The predicted octanol–water partition coefficient (Wildman–Crippen LogP) is 4.30. The monoisotopic (exact) mass is 459 g/mol. The van der Waals surface area contributed by atoms with Crippen LogP contribution in [0.5, 0.6) is 0 Å². The fourth-order valence-corrected chi connectivity index (χ4v) is 3.07. The zero-order chi connectivity index (χ0) is 24.2. The van der Waals surface area contributed by atoms with Gasteiger partial charge in [-0.2, -0.15) is 18.3 Å². The van der Waals surface area contributed by atoms with Gasteiger partial charge in [0.1, 0.15) is 0 Å². The summed E-state index contributed by atoms with van der Waals surface area (Å²) < 4.78 is 39.6. The molecule has 0 aliphatic heterocycles. The van der Waals surface area contributed by atoms with Gasteiger partial charge >= 0.3 is 6.18 Å². The standard InChI is InChI=1S/C23H24F3N5O2/c1-15-5-7-18(8-6-15)13-30(4)22(32)14-33-29-16(2)20-12-28-31(17(20)3)21-10-9-19(11-27-21)23(24,25)26/h5-12H,13-14H2,1-4H3. The summed E-state index contributed by atoms with van der Waals surface area (Å²) >= 11 is 0. The van der Waals surface area contributed by atoms with E-state index in [0.717, 1.165) is 23.4 Å². The second kappa shape index (κ2) is 9.85. The van der Waals surface area contributed by atoms with E-state index < -0.39 is 11.7 Å². The Labute approximate surface area is 189 Å². The highest BCUT2D eigenvalue weighted by molar-refractivity contribution is 5.99. The number of halogens is 3. The van der Waals surface area contributed by atoms with E-state index in [1.807, 2.05) is 31.2 Å². The van der Waals surface area contributed by atoms with Gasteiger partial charge in [0, 0.05) is 25.4 Å². The maximum Gasteiger partial charge on any atom is 0.417 e. The number of hydrogen-bond acceptors (Lipinski definition) is 5. The van der Waals surface area contributed by atoms with Crippen LogP contribution in [0.1, 0.15) is 34.9 Å². The minimum atomic E-state index is -4.46. The van der Waals surface area contributed by atoms with E-state index in [1.54, 1.807) is 25.8 Å². The third kappa shape index (κ3) is 5.97. The first kappa shape index (κ1) is 24.0. The summed E-state index contributed by atoms with van der Waals surface area (Å²) in [6, 6.07) is 10.1. The van der Waals surface area contributed by atoms with Crippen LogP contribution in [-0.2, 0) is 22.4 Å². The molecule has 1 amide bonds. The molecule has 1 aromatic carbocycles. The van der Waals surface area contributed by atoms with Gasteiger partial charge in [0.25, 0.3) is 5.91 Å². The molecule has 174 valence electrons. The predicted molar refractivity (Wildman–Crippen MR) is 117 cm³/mol. The zero-order valence-corrected chi connectivity index (χ0v) is 18.7. The Balaban J connectivity index is 1.61. The van der Waals surface area contributed by atoms with Crippen molar-refractivity contribution in [2.75, 3.05) is 13.7 Å². The van der Waals surface area contributed by atoms with Crippen molar-refractivity contribution < 1.29 is 22.8 Å². The molecule has 0 N–H and O–H groups in total. The van der Waals surface area contributed by atoms with E-state index in [1.165, 1.54) is 16.9 Å². The summed E-state index contributed by atoms with van der Waals surface area (Å²) in [7, 11) is 1.69. The maximum absolute atomic E-state index is 12.7. The number of alkyl halides is 3. The van der Waals surface area contributed by atoms with Gasteiger partial charge in [0.15, 0.2) is 12.4 Å². The molecular formula is C23H24F3N5O2. The Kier molecular flexibility index (Phi) is 7.15. The molecule has 33 heavy (non-hydrogen) atoms. The van der Waals surface area contributed by atoms with Crippen LogP contribution >= 0.6 is 0 Å². The summed E-state index contributed by atoms with van der Waals surface area (Å²) in [4.78, 5) is 22.9. The molecule has 0 saturated carbocycles. The third-order valence-electron chi connectivity index (χ3n) is 5.05. The van der Waals surface area contributed by atoms with Crippen LogP contribution in [0.15, 0.2) is 53.9 Å². The van der Waals surface area contributed by atoms with Crippen molar-refractivity contribution in [2.24, 2.45) is 5.16 Å². The minimum Gasteiger partial charge on any atom is -0.385 e. The minimum absolute atomic E-state index is 0.228. The number of benzene rings is 1. The second-order valence-electron chi connectivity index (χ2n) is 7.64. The van der Waals surface area contributed by atoms with Crippen molar-refractivity contribution in [3.8, 4) is 5.82 Å². The zero-order valence-electron chi connectivity index (χ0n) is 18.7. The Bertz CT molecular complexity index is 1140. The number of likely N-dealkylation sites (N-methyl/N-ethyl adjacent to an activating group) is 1. The molecular weight excluding hydrogens is 435 g/mol. The number of oxime groups is 1. The van der Waals surface area contributed by atoms with Crippen LogP contribution in [0.3, 0.4) is 0 Å². The molecule has 3 rings (SSSR count). The van der Waals surface area contributed by atoms with Gasteiger partial charge in [-0.1, -0.05) is 35.0 Å². The van der Waals surface area contributed by atoms with E-state index in [-0.39, 0.29) is 18.3 Å². The molecule has 10 heteroatoms. The number of pyridine rings is 1. The number of carbonyl (C=O) groups is 1. The van der Waals surface area contributed by atoms with Crippen molar-refractivity contribution in [3.05, 3.63) is 76.7 Å². The van der Waals surface area contributed by atoms with Crippen molar-refractivity contribution in [3.63, 3.8) is 0 Å². The smallest absolute Gasteiger partial charge is 0.385 e. The summed E-state index contributed by atoms with van der Waals surface area (Å²) in [5.41, 5.74) is 3.04. The maximum atomic E-state index is 12.7. The topological polar surface area (TPSA) is 72.6 Å². The Morgan fingerprint density at radius 3 is 2.42 bits per heavy atom. The first-order valence-corrected chi connectivity index (χ1v) is 10.1. The van der Waals surface area contributed by atoms with E-state index >= 15 is 0 Å². The van der Waals surface area contributed by atoms with Crippen molar-refractivity contribution >= 4 is 11.6 Å². The molecule has 0 unspecified atom stereocenters. The van der Waals surface area contributed by atoms with E-state index in [0.29, 0.717) is 23.5 Å². The lowest BCUT2D eigenvalue weighted by atomic mass is 10.1. The Morgan fingerprint density at radius 2 is 1.82 bits per heavy atom. The van der Waals surface area contributed by atoms with Gasteiger partial charge in [-0.25, -0.2) is 9.67 Å². The van der Waals surface area contributed by atoms with Crippen LogP contribution in [0, 0.1) is 13.8 Å². The van der Waals surface area contributed by atoms with Crippen LogP contribution in [0.4, 0.5) is 13.2 Å². The number of nitrogens with zero attached hydrogens (tertiary/aromatic N) is 5. The second-order valence-corrected chi connectivity index (χ2v) is 7.64. The van der Waals surface area contributed by atoms with Crippen LogP contribution < -0.4 is 0 Å². The number of aromatic nitrogens is 3. The quantitative estimate of drug-likeness (QED) is 0.390. The number of rotatable bonds is 7. The molecule has 0 saturated heterocycles. The molecule has 0 bridgehead atoms. The Morgan fingerprint density at radius 1 is 1.12 bits per heavy atom. The number of carbonyl (C=O) groups excluding carboxylic acids is 1. The third-order valence-corrected chi connectivity index (χ3v) is 5.05. The molecule has 7 nitrogen and oxygen atoms in total. The van der Waals surface area contributed by atoms with Gasteiger partial charge in [-0.05, 0) is 38.5 Å². The largest absolute Gasteiger partial charge is 0.417 e. The summed E-state index contributed by atoms with van der Waals surface area (Å²) in [6.07, 6.45) is -2.18. The molecule has 0 aliphatic rings.